The van der Waals surface area contributed by atoms with E-state index >= 15 is 0 Å². The molecule has 19 rings (SSSR count). The van der Waals surface area contributed by atoms with E-state index in [0.29, 0.717) is 121 Å². The van der Waals surface area contributed by atoms with E-state index in [1.807, 2.05) is 167 Å². The third-order valence-electron chi connectivity index (χ3n) is 21.8. The molecule has 6 heterocycles. The molecule has 0 aliphatic heterocycles. The molecule has 0 amide bonds. The Bertz CT molecular complexity index is 7670. The molecule has 0 atom stereocenters. The largest absolute Gasteiger partial charge is 0.489 e. The SMILES string of the molecule is CC(C)(C#N)c1cc(Cn2cncn2)cc(-c2cccc(Cl)c2)c1.CC(C)(C#N)c1cc(Cn2cncn2)cc(-c2ccccc2)c1.N#Cc1cccc(-c2ccc(C#N)c(Cn3cncn3)c2)c1.NOOSOc1ccc(C#Cc2cccc(Cn3cncn3)c2)cc1Cl.NOOSOc1ccc(OCc2ccc(Cn3cncn3)cc2)cc1.NOOSOc1ccc2cc(-c3cccc(Cn4cncn4)c3)ccc2c1. The van der Waals surface area contributed by atoms with E-state index < -0.39 is 10.8 Å². The van der Waals surface area contributed by atoms with Gasteiger partial charge < -0.3 is 17.3 Å². The lowest BCUT2D eigenvalue weighted by Crippen LogP contribution is -2.15. The highest BCUT2D eigenvalue weighted by Crippen LogP contribution is 2.36. The van der Waals surface area contributed by atoms with Crippen molar-refractivity contribution >= 4 is 70.9 Å². The van der Waals surface area contributed by atoms with Crippen LogP contribution in [-0.4, -0.2) is 88.6 Å². The Morgan fingerprint density at radius 2 is 0.741 bits per heavy atom. The molecule has 0 saturated carbocycles. The van der Waals surface area contributed by atoms with Gasteiger partial charge in [0.25, 0.3) is 37.0 Å². The number of hydrogen-bond donors (Lipinski definition) is 3. The minimum absolute atomic E-state index is 0.393. The average Bonchev–Trinajstić information content (AvgIpc) is 1.73. The Balaban J connectivity index is 0.000000139. The molecule has 147 heavy (non-hydrogen) atoms. The van der Waals surface area contributed by atoms with Crippen LogP contribution < -0.4 is 35.0 Å². The number of nitrogens with zero attached hydrogens (tertiary/aromatic N) is 22. The lowest BCUT2D eigenvalue weighted by atomic mass is 9.83. The first-order chi connectivity index (χ1) is 71.7. The third-order valence-corrected chi connectivity index (χ3v) is 23.5. The van der Waals surface area contributed by atoms with Crippen LogP contribution in [0.4, 0.5) is 0 Å². The van der Waals surface area contributed by atoms with Gasteiger partial charge in [-0.2, -0.15) is 69.3 Å². The first-order valence-corrected chi connectivity index (χ1v) is 47.4. The molecule has 35 nitrogen and oxygen atoms in total. The lowest BCUT2D eigenvalue weighted by Gasteiger charge is -2.19. The maximum Gasteiger partial charge on any atom is 0.260 e. The van der Waals surface area contributed by atoms with Crippen molar-refractivity contribution in [3.8, 4) is 104 Å². The Kier molecular flexibility index (Phi) is 39.1. The highest BCUT2D eigenvalue weighted by atomic mass is 35.5. The summed E-state index contributed by atoms with van der Waals surface area (Å²) in [5, 5.41) is 65.2. The second kappa shape index (κ2) is 54.4. The summed E-state index contributed by atoms with van der Waals surface area (Å²) >= 11 is 14.1. The van der Waals surface area contributed by atoms with Gasteiger partial charge in [-0.15, -0.1) is 28.0 Å². The molecule has 6 aromatic heterocycles. The van der Waals surface area contributed by atoms with Crippen molar-refractivity contribution in [2.75, 3.05) is 0 Å². The zero-order chi connectivity index (χ0) is 103. The van der Waals surface area contributed by atoms with Crippen molar-refractivity contribution in [1.82, 2.24) is 88.6 Å². The summed E-state index contributed by atoms with van der Waals surface area (Å²) in [5.41, 5.74) is 19.8. The first-order valence-electron chi connectivity index (χ1n) is 44.6. The molecule has 0 bridgehead atoms. The Labute approximate surface area is 869 Å². The molecular formula is C107H91Cl2N25O10S3. The second-order valence-electron chi connectivity index (χ2n) is 33.0. The van der Waals surface area contributed by atoms with Crippen LogP contribution in [0, 0.1) is 57.2 Å². The van der Waals surface area contributed by atoms with Gasteiger partial charge in [-0.05, 0) is 273 Å². The van der Waals surface area contributed by atoms with E-state index in [0.717, 1.165) is 117 Å². The predicted octanol–water partition coefficient (Wildman–Crippen LogP) is 20.7. The molecule has 13 aromatic carbocycles. The Hall–Kier alpha value is -17.1. The summed E-state index contributed by atoms with van der Waals surface area (Å²) in [6.45, 7) is 11.9. The summed E-state index contributed by atoms with van der Waals surface area (Å²) < 4.78 is 45.1. The summed E-state index contributed by atoms with van der Waals surface area (Å²) in [7, 11) is 0. The second-order valence-corrected chi connectivity index (χ2v) is 35.1. The molecular weight excluding hydrogens is 1960 g/mol. The van der Waals surface area contributed by atoms with Crippen LogP contribution in [0.3, 0.4) is 0 Å². The fraction of sp³-hybridized carbons (Fsp3) is 0.121. The van der Waals surface area contributed by atoms with Gasteiger partial charge in [0.15, 0.2) is 5.75 Å². The highest BCUT2D eigenvalue weighted by Gasteiger charge is 2.24. The molecule has 0 aliphatic rings. The van der Waals surface area contributed by atoms with E-state index in [1.165, 1.54) is 37.2 Å². The first kappa shape index (κ1) is 106. The standard InChI is InChI=1S/C19H17ClN4.C19H16N4O3S.C19H18N4.C17H13ClN4O3S.C17H11N5.C16H16N4O4S/c1-19(2,11-21)17-7-14(10-24-13-22-12-23-24)6-16(8-17)15-4-3-5-18(20)9-15;20-25-26-27-24-19-7-6-17-9-16(4-5-18(17)10-19)15-3-1-2-14(8-15)11-23-13-21-12-22-23;1-19(2,12-20)18-9-15(11-23-14-21-13-22-23)8-17(10-18)16-6-4-3-5-7-16;18-16-9-14(6-7-17(16)23-26-25-24-19)5-4-13-2-1-3-15(8-13)10-22-12-20-11-21-22;18-8-13-2-1-3-14(6-13)15-4-5-16(9-19)17(7-15)10-22-12-20-11-21-22;17-23-24-25-22-16-7-5-15(6-8-16)21-10-14-3-1-13(2-4-14)9-20-12-18-11-19-20/h3-9,12-13H,10H2,1-2H3;1-10,12-13H,11,20H2;3-10,13-14H,11H2,1-2H3;1-3,6-9,11-12H,10,19H2;1-7,11-12H,10H2;1-8,11-12H,9-10,17H2. The molecule has 0 aliphatic carbocycles. The Morgan fingerprint density at radius 1 is 0.320 bits per heavy atom. The number of aromatic nitrogens is 18. The molecule has 0 spiro atoms. The zero-order valence-electron chi connectivity index (χ0n) is 79.1. The topological polar surface area (TPSA) is 450 Å². The Morgan fingerprint density at radius 3 is 1.27 bits per heavy atom. The van der Waals surface area contributed by atoms with E-state index in [2.05, 4.69) is 216 Å². The molecule has 736 valence electrons. The summed E-state index contributed by atoms with van der Waals surface area (Å²) in [6.07, 6.45) is 19.2. The van der Waals surface area contributed by atoms with Crippen molar-refractivity contribution in [3.63, 3.8) is 0 Å². The van der Waals surface area contributed by atoms with Crippen LogP contribution in [0.5, 0.6) is 23.0 Å². The fourth-order valence-corrected chi connectivity index (χ4v) is 15.6. The van der Waals surface area contributed by atoms with Gasteiger partial charge in [-0.1, -0.05) is 181 Å². The van der Waals surface area contributed by atoms with Crippen molar-refractivity contribution < 1.29 is 45.3 Å². The maximum absolute atomic E-state index is 9.50. The lowest BCUT2D eigenvalue weighted by molar-refractivity contribution is -0.199. The number of halogens is 2. The summed E-state index contributed by atoms with van der Waals surface area (Å²) in [4.78, 5) is 35.5. The monoisotopic (exact) mass is 2050 g/mol. The van der Waals surface area contributed by atoms with Crippen LogP contribution in [-0.2, 0) is 84.7 Å². The number of rotatable bonds is 33. The number of benzene rings is 13. The van der Waals surface area contributed by atoms with Crippen LogP contribution in [0.2, 0.25) is 10.0 Å². The minimum atomic E-state index is -0.578. The predicted molar refractivity (Wildman–Crippen MR) is 556 cm³/mol. The highest BCUT2D eigenvalue weighted by molar-refractivity contribution is 7.90. The molecule has 0 fully saturated rings. The molecule has 19 aromatic rings. The van der Waals surface area contributed by atoms with E-state index in [1.54, 1.807) is 127 Å². The van der Waals surface area contributed by atoms with Gasteiger partial charge in [0, 0.05) is 16.1 Å². The van der Waals surface area contributed by atoms with E-state index in [4.69, 9.17) is 63.4 Å². The number of fused-ring (bicyclic) bond motifs is 1. The van der Waals surface area contributed by atoms with Crippen LogP contribution in [0.15, 0.2) is 361 Å². The average molecular weight is 2050 g/mol. The molecule has 0 unspecified atom stereocenters. The number of ether oxygens (including phenoxy) is 1. The van der Waals surface area contributed by atoms with Gasteiger partial charge in [0.1, 0.15) is 99.8 Å². The zero-order valence-corrected chi connectivity index (χ0v) is 83.1. The van der Waals surface area contributed by atoms with E-state index in [-0.39, 0.29) is 0 Å². The number of nitriles is 4. The van der Waals surface area contributed by atoms with Crippen molar-refractivity contribution in [1.29, 1.82) is 21.0 Å². The normalized spacial score (nSPS) is 10.7. The van der Waals surface area contributed by atoms with Gasteiger partial charge in [-0.25, -0.2) is 58.0 Å². The number of hydrogen-bond acceptors (Lipinski definition) is 32. The van der Waals surface area contributed by atoms with Crippen LogP contribution >= 0.6 is 60.2 Å². The van der Waals surface area contributed by atoms with Gasteiger partial charge >= 0.3 is 0 Å². The smallest absolute Gasteiger partial charge is 0.260 e. The molecule has 0 radical (unpaired) electrons. The van der Waals surface area contributed by atoms with Crippen LogP contribution in [0.1, 0.15) is 100 Å². The third kappa shape index (κ3) is 32.7. The van der Waals surface area contributed by atoms with E-state index in [9.17, 15) is 15.8 Å². The number of nitrogens with two attached hydrogens (primary N) is 3. The summed E-state index contributed by atoms with van der Waals surface area (Å²) in [6, 6.07) is 101. The minimum Gasteiger partial charge on any atom is -0.489 e. The maximum atomic E-state index is 9.50. The van der Waals surface area contributed by atoms with Crippen molar-refractivity contribution in [3.05, 3.63) is 443 Å². The fourth-order valence-electron chi connectivity index (χ4n) is 14.4. The van der Waals surface area contributed by atoms with Crippen molar-refractivity contribution in [2.45, 2.75) is 84.4 Å². The van der Waals surface area contributed by atoms with Gasteiger partial charge in [-0.3, -0.25) is 0 Å². The molecule has 40 heteroatoms. The molecule has 6 N–H and O–H groups in total. The summed E-state index contributed by atoms with van der Waals surface area (Å²) in [5.74, 6) is 22.8. The van der Waals surface area contributed by atoms with Gasteiger partial charge in [0.2, 0.25) is 0 Å². The quantitative estimate of drug-likeness (QED) is 0.0113. The molecule has 0 saturated heterocycles. The van der Waals surface area contributed by atoms with Crippen molar-refractivity contribution in [2.24, 2.45) is 17.7 Å². The van der Waals surface area contributed by atoms with Crippen LogP contribution in [0.25, 0.3) is 55.3 Å². The van der Waals surface area contributed by atoms with Gasteiger partial charge in [0.05, 0.1) is 90.5 Å².